The molecule has 3 rings (SSSR count). The van der Waals surface area contributed by atoms with Crippen molar-refractivity contribution in [2.45, 2.75) is 25.7 Å². The van der Waals surface area contributed by atoms with Gasteiger partial charge >= 0.3 is 0 Å². The van der Waals surface area contributed by atoms with Crippen molar-refractivity contribution >= 4 is 5.82 Å². The second-order valence-corrected chi connectivity index (χ2v) is 5.90. The van der Waals surface area contributed by atoms with Gasteiger partial charge in [-0.25, -0.2) is 4.98 Å². The second-order valence-electron chi connectivity index (χ2n) is 5.90. The number of rotatable bonds is 5. The Hall–Kier alpha value is -2.10. The summed E-state index contributed by atoms with van der Waals surface area (Å²) in [5.41, 5.74) is 1.39. The van der Waals surface area contributed by atoms with Crippen molar-refractivity contribution in [2.24, 2.45) is 5.92 Å². The molecule has 1 saturated heterocycles. The third kappa shape index (κ3) is 3.75. The van der Waals surface area contributed by atoms with E-state index in [1.165, 1.54) is 24.8 Å². The third-order valence-corrected chi connectivity index (χ3v) is 4.39. The fourth-order valence-electron chi connectivity index (χ4n) is 3.13. The highest BCUT2D eigenvalue weighted by molar-refractivity contribution is 5.35. The molecule has 4 heteroatoms. The molecule has 2 heterocycles. The molecular formula is C18H23N3O. The van der Waals surface area contributed by atoms with Crippen LogP contribution in [0.5, 0.6) is 5.75 Å². The highest BCUT2D eigenvalue weighted by atomic mass is 16.5. The lowest BCUT2D eigenvalue weighted by molar-refractivity contribution is 0.389. The number of aromatic nitrogens is 2. The molecule has 1 aromatic heterocycles. The molecule has 1 atom stereocenters. The first-order valence-electron chi connectivity index (χ1n) is 7.99. The largest absolute Gasteiger partial charge is 0.497 e. The van der Waals surface area contributed by atoms with Crippen LogP contribution in [-0.4, -0.2) is 30.2 Å². The summed E-state index contributed by atoms with van der Waals surface area (Å²) in [7, 11) is 1.71. The second kappa shape index (κ2) is 7.25. The van der Waals surface area contributed by atoms with E-state index in [1.54, 1.807) is 19.5 Å². The molecule has 1 aromatic carbocycles. The lowest BCUT2D eigenvalue weighted by Crippen LogP contribution is -2.36. The fraction of sp³-hybridized carbons (Fsp3) is 0.444. The molecule has 1 aliphatic heterocycles. The average Bonchev–Trinajstić information content (AvgIpc) is 2.61. The Bertz CT molecular complexity index is 571. The van der Waals surface area contributed by atoms with Crippen molar-refractivity contribution in [2.75, 3.05) is 25.1 Å². The van der Waals surface area contributed by atoms with Gasteiger partial charge < -0.3 is 9.64 Å². The first kappa shape index (κ1) is 14.8. The topological polar surface area (TPSA) is 38.2 Å². The number of nitrogens with zero attached hydrogens (tertiary/aromatic N) is 3. The minimum atomic E-state index is 0.734. The Morgan fingerprint density at radius 3 is 2.82 bits per heavy atom. The summed E-state index contributed by atoms with van der Waals surface area (Å²) in [5, 5.41) is 0. The average molecular weight is 297 g/mol. The number of piperidine rings is 1. The maximum Gasteiger partial charge on any atom is 0.147 e. The summed E-state index contributed by atoms with van der Waals surface area (Å²) in [6.45, 7) is 2.19. The quantitative estimate of drug-likeness (QED) is 0.848. The predicted molar refractivity (Wildman–Crippen MR) is 88.3 cm³/mol. The van der Waals surface area contributed by atoms with Gasteiger partial charge in [-0.1, -0.05) is 12.1 Å². The van der Waals surface area contributed by atoms with Gasteiger partial charge in [0.1, 0.15) is 11.6 Å². The van der Waals surface area contributed by atoms with Crippen molar-refractivity contribution in [3.8, 4) is 5.75 Å². The molecule has 22 heavy (non-hydrogen) atoms. The zero-order valence-corrected chi connectivity index (χ0v) is 13.1. The predicted octanol–water partition coefficient (Wildman–Crippen LogP) is 3.33. The van der Waals surface area contributed by atoms with Crippen LogP contribution in [0.3, 0.4) is 0 Å². The van der Waals surface area contributed by atoms with E-state index in [-0.39, 0.29) is 0 Å². The molecule has 0 spiro atoms. The summed E-state index contributed by atoms with van der Waals surface area (Å²) in [6, 6.07) is 8.42. The van der Waals surface area contributed by atoms with Crippen LogP contribution in [0, 0.1) is 5.92 Å². The van der Waals surface area contributed by atoms with Crippen molar-refractivity contribution in [3.05, 3.63) is 48.4 Å². The Kier molecular flexibility index (Phi) is 4.88. The van der Waals surface area contributed by atoms with Crippen LogP contribution in [0.1, 0.15) is 24.8 Å². The number of anilines is 1. The van der Waals surface area contributed by atoms with Crippen molar-refractivity contribution in [1.29, 1.82) is 0 Å². The monoisotopic (exact) mass is 297 g/mol. The van der Waals surface area contributed by atoms with E-state index < -0.39 is 0 Å². The van der Waals surface area contributed by atoms with Crippen molar-refractivity contribution < 1.29 is 4.74 Å². The molecule has 1 fully saturated rings. The molecule has 0 N–H and O–H groups in total. The van der Waals surface area contributed by atoms with Crippen LogP contribution in [0.2, 0.25) is 0 Å². The molecule has 1 unspecified atom stereocenters. The Balaban J connectivity index is 1.54. The summed E-state index contributed by atoms with van der Waals surface area (Å²) >= 11 is 0. The molecule has 4 nitrogen and oxygen atoms in total. The Morgan fingerprint density at radius 1 is 1.23 bits per heavy atom. The van der Waals surface area contributed by atoms with Gasteiger partial charge in [0.25, 0.3) is 0 Å². The zero-order chi connectivity index (χ0) is 15.2. The zero-order valence-electron chi connectivity index (χ0n) is 13.1. The molecule has 0 radical (unpaired) electrons. The minimum absolute atomic E-state index is 0.734. The van der Waals surface area contributed by atoms with E-state index in [2.05, 4.69) is 27.0 Å². The van der Waals surface area contributed by atoms with E-state index in [4.69, 9.17) is 4.74 Å². The standard InChI is InChI=1S/C18H23N3O/c1-22-17-8-6-15(7-9-17)4-5-16-3-2-12-21(14-16)18-13-19-10-11-20-18/h6-11,13,16H,2-5,12,14H2,1H3. The van der Waals surface area contributed by atoms with Gasteiger partial charge in [-0.05, 0) is 49.3 Å². The number of methoxy groups -OCH3 is 1. The highest BCUT2D eigenvalue weighted by Gasteiger charge is 2.20. The van der Waals surface area contributed by atoms with Gasteiger partial charge in [0.2, 0.25) is 0 Å². The Morgan fingerprint density at radius 2 is 2.09 bits per heavy atom. The van der Waals surface area contributed by atoms with Gasteiger partial charge in [0.15, 0.2) is 0 Å². The van der Waals surface area contributed by atoms with Crippen molar-refractivity contribution in [3.63, 3.8) is 0 Å². The van der Waals surface area contributed by atoms with E-state index in [9.17, 15) is 0 Å². The molecule has 2 aromatic rings. The number of hydrogen-bond donors (Lipinski definition) is 0. The third-order valence-electron chi connectivity index (χ3n) is 4.39. The molecule has 116 valence electrons. The summed E-state index contributed by atoms with van der Waals surface area (Å²) in [5.74, 6) is 2.67. The normalized spacial score (nSPS) is 18.2. The molecule has 0 aliphatic carbocycles. The van der Waals surface area contributed by atoms with E-state index in [0.717, 1.165) is 37.0 Å². The lowest BCUT2D eigenvalue weighted by atomic mass is 9.91. The van der Waals surface area contributed by atoms with Crippen LogP contribution in [0.4, 0.5) is 5.82 Å². The first-order chi connectivity index (χ1) is 10.8. The highest BCUT2D eigenvalue weighted by Crippen LogP contribution is 2.24. The van der Waals surface area contributed by atoms with Gasteiger partial charge in [0, 0.05) is 25.5 Å². The van der Waals surface area contributed by atoms with Gasteiger partial charge in [-0.3, -0.25) is 4.98 Å². The first-order valence-corrected chi connectivity index (χ1v) is 7.99. The smallest absolute Gasteiger partial charge is 0.147 e. The van der Waals surface area contributed by atoms with Gasteiger partial charge in [0.05, 0.1) is 13.3 Å². The number of benzene rings is 1. The number of hydrogen-bond acceptors (Lipinski definition) is 4. The van der Waals surface area contributed by atoms with Crippen LogP contribution >= 0.6 is 0 Å². The Labute approximate surface area is 132 Å². The lowest BCUT2D eigenvalue weighted by Gasteiger charge is -2.33. The van der Waals surface area contributed by atoms with Crippen LogP contribution < -0.4 is 9.64 Å². The molecule has 1 aliphatic rings. The van der Waals surface area contributed by atoms with Crippen molar-refractivity contribution in [1.82, 2.24) is 9.97 Å². The maximum absolute atomic E-state index is 5.21. The minimum Gasteiger partial charge on any atom is -0.497 e. The van der Waals surface area contributed by atoms with Crippen LogP contribution in [0.15, 0.2) is 42.9 Å². The van der Waals surface area contributed by atoms with E-state index >= 15 is 0 Å². The SMILES string of the molecule is COc1ccc(CCC2CCCN(c3cnccn3)C2)cc1. The number of ether oxygens (including phenoxy) is 1. The van der Waals surface area contributed by atoms with Gasteiger partial charge in [-0.2, -0.15) is 0 Å². The number of aryl methyl sites for hydroxylation is 1. The summed E-state index contributed by atoms with van der Waals surface area (Å²) < 4.78 is 5.21. The molecule has 0 amide bonds. The van der Waals surface area contributed by atoms with Crippen LogP contribution in [-0.2, 0) is 6.42 Å². The van der Waals surface area contributed by atoms with Crippen LogP contribution in [0.25, 0.3) is 0 Å². The molecular weight excluding hydrogens is 274 g/mol. The fourth-order valence-corrected chi connectivity index (χ4v) is 3.13. The maximum atomic E-state index is 5.21. The van der Waals surface area contributed by atoms with Gasteiger partial charge in [-0.15, -0.1) is 0 Å². The van der Waals surface area contributed by atoms with E-state index in [0.29, 0.717) is 0 Å². The summed E-state index contributed by atoms with van der Waals surface area (Å²) in [4.78, 5) is 11.0. The molecule has 0 saturated carbocycles. The summed E-state index contributed by atoms with van der Waals surface area (Å²) in [6.07, 6.45) is 10.3. The van der Waals surface area contributed by atoms with E-state index in [1.807, 2.05) is 18.3 Å². The molecule has 0 bridgehead atoms.